The maximum Gasteiger partial charge on any atom is 0.419 e. The molecule has 0 spiro atoms. The average molecular weight is 718 g/mol. The van der Waals surface area contributed by atoms with Crippen LogP contribution in [-0.4, -0.2) is 67.7 Å². The van der Waals surface area contributed by atoms with Crippen LogP contribution in [0.5, 0.6) is 0 Å². The minimum absolute atomic E-state index is 0.0499. The number of hydrogen-bond donors (Lipinski definition) is 3. The highest BCUT2D eigenvalue weighted by Gasteiger charge is 2.41. The molecule has 0 aliphatic carbocycles. The van der Waals surface area contributed by atoms with E-state index in [1.54, 1.807) is 113 Å². The van der Waals surface area contributed by atoms with E-state index < -0.39 is 52.2 Å². The molecule has 0 aliphatic heterocycles. The minimum Gasteiger partial charge on any atom is -0.444 e. The molecule has 3 amide bonds. The second kappa shape index (κ2) is 14.4. The smallest absolute Gasteiger partial charge is 0.419 e. The van der Waals surface area contributed by atoms with E-state index in [-0.39, 0.29) is 12.8 Å². The lowest BCUT2D eigenvalue weighted by atomic mass is 9.90. The van der Waals surface area contributed by atoms with Crippen molar-refractivity contribution in [3.63, 3.8) is 0 Å². The lowest BCUT2D eigenvalue weighted by Gasteiger charge is -2.37. The van der Waals surface area contributed by atoms with E-state index in [0.29, 0.717) is 39.3 Å². The normalized spacial score (nSPS) is 14.5. The van der Waals surface area contributed by atoms with Gasteiger partial charge in [0.1, 0.15) is 28.0 Å². The fourth-order valence-corrected chi connectivity index (χ4v) is 5.83. The van der Waals surface area contributed by atoms with E-state index in [2.05, 4.69) is 16.0 Å². The van der Waals surface area contributed by atoms with E-state index >= 15 is 0 Å². The van der Waals surface area contributed by atoms with Crippen LogP contribution in [0.25, 0.3) is 21.8 Å². The van der Waals surface area contributed by atoms with E-state index in [4.69, 9.17) is 14.2 Å². The van der Waals surface area contributed by atoms with Crippen LogP contribution in [0.1, 0.15) is 87.3 Å². The zero-order valence-electron chi connectivity index (χ0n) is 31.9. The molecule has 2 aromatic carbocycles. The standard InChI is InChI=1S/C39H51N5O8/c1-35(2,3)50-32(47)42-38(10,20-25-22-43(33(48)51-36(4,5)6)29-18-14-12-16-27(25)29)31(46)41-39(11,40-24-45)21-26-23-44(34(49)52-37(7,8)9)30-19-15-13-17-28(26)30/h12-19,22-24H,20-21H2,1-11H3,(H,40,45)(H,41,46)(H,42,47)/t38-,39+/m1/s1. The zero-order valence-corrected chi connectivity index (χ0v) is 31.9. The number of aromatic nitrogens is 2. The number of amides is 3. The third-order valence-electron chi connectivity index (χ3n) is 7.90. The van der Waals surface area contributed by atoms with Crippen LogP contribution in [0.4, 0.5) is 14.4 Å². The summed E-state index contributed by atoms with van der Waals surface area (Å²) in [6.45, 7) is 18.9. The monoisotopic (exact) mass is 717 g/mol. The Labute approximate surface area is 304 Å². The Morgan fingerprint density at radius 1 is 0.615 bits per heavy atom. The van der Waals surface area contributed by atoms with Gasteiger partial charge in [0, 0.05) is 36.0 Å². The van der Waals surface area contributed by atoms with Gasteiger partial charge in [-0.05, 0) is 99.4 Å². The van der Waals surface area contributed by atoms with Gasteiger partial charge in [-0.25, -0.2) is 14.4 Å². The first-order valence-electron chi connectivity index (χ1n) is 17.1. The molecule has 0 bridgehead atoms. The van der Waals surface area contributed by atoms with Crippen molar-refractivity contribution in [1.82, 2.24) is 25.1 Å². The van der Waals surface area contributed by atoms with Crippen LogP contribution in [0.15, 0.2) is 60.9 Å². The maximum absolute atomic E-state index is 14.5. The van der Waals surface area contributed by atoms with Gasteiger partial charge < -0.3 is 30.2 Å². The first-order valence-corrected chi connectivity index (χ1v) is 17.1. The summed E-state index contributed by atoms with van der Waals surface area (Å²) in [4.78, 5) is 66.3. The molecule has 13 nitrogen and oxygen atoms in total. The molecule has 4 rings (SSSR count). The minimum atomic E-state index is -1.68. The van der Waals surface area contributed by atoms with Crippen molar-refractivity contribution in [3.05, 3.63) is 72.1 Å². The molecule has 0 saturated carbocycles. The molecule has 0 unspecified atom stereocenters. The Hall–Kier alpha value is -5.33. The molecule has 4 aromatic rings. The molecule has 2 heterocycles. The van der Waals surface area contributed by atoms with Gasteiger partial charge in [0.25, 0.3) is 0 Å². The molecule has 0 saturated heterocycles. The summed E-state index contributed by atoms with van der Waals surface area (Å²) in [6, 6.07) is 14.4. The number of alkyl carbamates (subject to hydrolysis) is 1. The topological polar surface area (TPSA) is 159 Å². The maximum atomic E-state index is 14.5. The Bertz CT molecular complexity index is 1990. The van der Waals surface area contributed by atoms with Crippen molar-refractivity contribution >= 4 is 52.4 Å². The number of benzene rings is 2. The number of para-hydroxylation sites is 2. The highest BCUT2D eigenvalue weighted by molar-refractivity contribution is 5.95. The Morgan fingerprint density at radius 3 is 1.46 bits per heavy atom. The zero-order chi connectivity index (χ0) is 38.9. The van der Waals surface area contributed by atoms with E-state index in [1.807, 2.05) is 24.3 Å². The number of nitrogens with zero attached hydrogens (tertiary/aromatic N) is 2. The molecule has 13 heteroatoms. The predicted molar refractivity (Wildman–Crippen MR) is 198 cm³/mol. The summed E-state index contributed by atoms with van der Waals surface area (Å²) in [5.41, 5.74) is -3.11. The largest absolute Gasteiger partial charge is 0.444 e. The van der Waals surface area contributed by atoms with Gasteiger partial charge in [0.15, 0.2) is 0 Å². The van der Waals surface area contributed by atoms with Crippen molar-refractivity contribution in [2.24, 2.45) is 0 Å². The Kier molecular flexibility index (Phi) is 10.9. The molecular formula is C39H51N5O8. The molecule has 280 valence electrons. The second-order valence-electron chi connectivity index (χ2n) is 16.4. The van der Waals surface area contributed by atoms with Crippen LogP contribution in [0, 0.1) is 0 Å². The van der Waals surface area contributed by atoms with Crippen molar-refractivity contribution in [1.29, 1.82) is 0 Å². The lowest BCUT2D eigenvalue weighted by molar-refractivity contribution is -0.129. The van der Waals surface area contributed by atoms with Gasteiger partial charge in [0.05, 0.1) is 11.0 Å². The molecule has 52 heavy (non-hydrogen) atoms. The van der Waals surface area contributed by atoms with Crippen molar-refractivity contribution < 1.29 is 38.2 Å². The molecule has 2 atom stereocenters. The van der Waals surface area contributed by atoms with Crippen LogP contribution >= 0.6 is 0 Å². The van der Waals surface area contributed by atoms with Crippen LogP contribution in [-0.2, 0) is 36.6 Å². The van der Waals surface area contributed by atoms with Gasteiger partial charge in [-0.1, -0.05) is 36.4 Å². The number of carbonyl (C=O) groups excluding carboxylic acids is 5. The summed E-state index contributed by atoms with van der Waals surface area (Å²) < 4.78 is 19.6. The Balaban J connectivity index is 1.75. The van der Waals surface area contributed by atoms with Crippen LogP contribution < -0.4 is 16.0 Å². The third kappa shape index (κ3) is 9.71. The van der Waals surface area contributed by atoms with Gasteiger partial charge in [-0.15, -0.1) is 0 Å². The molecular weight excluding hydrogens is 666 g/mol. The van der Waals surface area contributed by atoms with E-state index in [1.165, 1.54) is 9.13 Å². The van der Waals surface area contributed by atoms with Crippen molar-refractivity contribution in [2.75, 3.05) is 0 Å². The first-order chi connectivity index (χ1) is 23.9. The summed E-state index contributed by atoms with van der Waals surface area (Å²) in [5.74, 6) is -0.653. The highest BCUT2D eigenvalue weighted by Crippen LogP contribution is 2.29. The molecule has 2 aromatic heterocycles. The predicted octanol–water partition coefficient (Wildman–Crippen LogP) is 6.81. The first kappa shape index (κ1) is 39.5. The second-order valence-corrected chi connectivity index (χ2v) is 16.4. The quantitative estimate of drug-likeness (QED) is 0.0968. The molecule has 0 aliphatic rings. The van der Waals surface area contributed by atoms with Gasteiger partial charge >= 0.3 is 18.3 Å². The summed E-state index contributed by atoms with van der Waals surface area (Å²) in [7, 11) is 0. The number of rotatable bonds is 9. The number of nitrogens with one attached hydrogen (secondary N) is 3. The number of ether oxygens (including phenoxy) is 3. The number of hydrogen-bond acceptors (Lipinski definition) is 8. The highest BCUT2D eigenvalue weighted by atomic mass is 16.6. The lowest BCUT2D eigenvalue weighted by Crippen LogP contribution is -2.66. The third-order valence-corrected chi connectivity index (χ3v) is 7.90. The van der Waals surface area contributed by atoms with Crippen LogP contribution in [0.2, 0.25) is 0 Å². The average Bonchev–Trinajstić information content (AvgIpc) is 3.53. The van der Waals surface area contributed by atoms with Crippen LogP contribution in [0.3, 0.4) is 0 Å². The molecule has 0 radical (unpaired) electrons. The van der Waals surface area contributed by atoms with E-state index in [9.17, 15) is 24.0 Å². The van der Waals surface area contributed by atoms with Gasteiger partial charge in [-0.3, -0.25) is 18.7 Å². The van der Waals surface area contributed by atoms with E-state index in [0.717, 1.165) is 0 Å². The van der Waals surface area contributed by atoms with Crippen molar-refractivity contribution in [3.8, 4) is 0 Å². The summed E-state index contributed by atoms with van der Waals surface area (Å²) >= 11 is 0. The molecule has 0 fully saturated rings. The molecule has 3 N–H and O–H groups in total. The summed E-state index contributed by atoms with van der Waals surface area (Å²) in [6.07, 6.45) is 1.64. The number of fused-ring (bicyclic) bond motifs is 2. The van der Waals surface area contributed by atoms with Gasteiger partial charge in [-0.2, -0.15) is 0 Å². The summed E-state index contributed by atoms with van der Waals surface area (Å²) in [5, 5.41) is 9.82. The fourth-order valence-electron chi connectivity index (χ4n) is 5.83. The fraction of sp³-hybridized carbons (Fsp3) is 0.462. The van der Waals surface area contributed by atoms with Gasteiger partial charge in [0.2, 0.25) is 12.3 Å². The number of carbonyl (C=O) groups is 5. The Morgan fingerprint density at radius 2 is 1.04 bits per heavy atom. The van der Waals surface area contributed by atoms with Crippen molar-refractivity contribution in [2.45, 2.75) is 117 Å². The SMILES string of the molecule is CC(C)(C)OC(=O)N[C@](C)(Cc1cn(C(=O)OC(C)(C)C)c2ccccc12)C(=O)N[C@@](C)(Cc1cn(C(=O)OC(C)(C)C)c2ccccc12)NC=O.